The highest BCUT2D eigenvalue weighted by atomic mass is 16.5. The Morgan fingerprint density at radius 2 is 0.937 bits per heavy atom. The average Bonchev–Trinajstić information content (AvgIpc) is 4.05. The van der Waals surface area contributed by atoms with Crippen molar-refractivity contribution in [3.05, 3.63) is 101 Å². The third-order valence-electron chi connectivity index (χ3n) is 13.6. The van der Waals surface area contributed by atoms with Gasteiger partial charge in [-0.2, -0.15) is 0 Å². The number of carbonyl (C=O) groups is 6. The van der Waals surface area contributed by atoms with Crippen LogP contribution in [0.2, 0.25) is 0 Å². The van der Waals surface area contributed by atoms with E-state index in [0.29, 0.717) is 25.9 Å². The number of ether oxygens (including phenoxy) is 2. The molecule has 0 radical (unpaired) electrons. The zero-order chi connectivity index (χ0) is 45.6. The smallest absolute Gasteiger partial charge is 0.306 e. The lowest BCUT2D eigenvalue weighted by atomic mass is 9.77. The molecule has 63 heavy (non-hydrogen) atoms. The lowest BCUT2D eigenvalue weighted by Crippen LogP contribution is -2.47. The average molecular weight is 862 g/mol. The first-order valence-corrected chi connectivity index (χ1v) is 22.7. The molecule has 2 amide bonds. The number of benzene rings is 3. The Labute approximate surface area is 373 Å². The second-order valence-corrected chi connectivity index (χ2v) is 19.9. The van der Waals surface area contributed by atoms with E-state index in [9.17, 15) is 28.8 Å². The molecule has 3 aromatic rings. The van der Waals surface area contributed by atoms with Gasteiger partial charge < -0.3 is 24.2 Å². The number of likely N-dealkylation sites (tertiary alicyclic amines) is 2. The van der Waals surface area contributed by atoms with Gasteiger partial charge in [-0.25, -0.2) is 0 Å². The number of nitrogens with zero attached hydrogens (tertiary/aromatic N) is 3. The van der Waals surface area contributed by atoms with Crippen LogP contribution in [0.5, 0.6) is 0 Å². The predicted molar refractivity (Wildman–Crippen MR) is 243 cm³/mol. The fourth-order valence-corrected chi connectivity index (χ4v) is 9.94. The Kier molecular flexibility index (Phi) is 15.0. The molecule has 338 valence electrons. The van der Waals surface area contributed by atoms with Gasteiger partial charge in [-0.3, -0.25) is 28.8 Å². The van der Waals surface area contributed by atoms with E-state index in [2.05, 4.69) is 53.4 Å². The van der Waals surface area contributed by atoms with Gasteiger partial charge in [-0.1, -0.05) is 108 Å². The third kappa shape index (κ3) is 11.1. The number of hydrogen-bond donors (Lipinski definition) is 0. The number of ketones is 2. The molecule has 3 aliphatic heterocycles. The second-order valence-electron chi connectivity index (χ2n) is 19.9. The summed E-state index contributed by atoms with van der Waals surface area (Å²) in [7, 11) is 2.65. The van der Waals surface area contributed by atoms with Gasteiger partial charge in [-0.15, -0.1) is 0 Å². The number of esters is 2. The molecule has 11 nitrogen and oxygen atoms in total. The molecule has 0 aromatic heterocycles. The summed E-state index contributed by atoms with van der Waals surface area (Å²) in [6, 6.07) is 26.2. The van der Waals surface area contributed by atoms with Crippen molar-refractivity contribution in [1.29, 1.82) is 0 Å². The van der Waals surface area contributed by atoms with Crippen LogP contribution in [-0.2, 0) is 51.1 Å². The summed E-state index contributed by atoms with van der Waals surface area (Å²) in [6.07, 6.45) is 4.98. The second kappa shape index (κ2) is 20.0. The summed E-state index contributed by atoms with van der Waals surface area (Å²) in [5.74, 6) is -2.32. The maximum atomic E-state index is 13.8. The Bertz CT molecular complexity index is 1970. The molecular weight excluding hydrogens is 795 g/mol. The van der Waals surface area contributed by atoms with Crippen molar-refractivity contribution in [2.75, 3.05) is 32.2 Å². The Morgan fingerprint density at radius 1 is 0.556 bits per heavy atom. The molecule has 0 unspecified atom stereocenters. The normalized spacial score (nSPS) is 21.2. The molecule has 0 spiro atoms. The van der Waals surface area contributed by atoms with Crippen molar-refractivity contribution in [2.45, 2.75) is 130 Å². The maximum absolute atomic E-state index is 13.8. The van der Waals surface area contributed by atoms with Gasteiger partial charge in [0.25, 0.3) is 0 Å². The van der Waals surface area contributed by atoms with Crippen LogP contribution in [0.3, 0.4) is 0 Å². The van der Waals surface area contributed by atoms with Crippen LogP contribution in [-0.4, -0.2) is 84.5 Å². The van der Waals surface area contributed by atoms with Crippen LogP contribution in [0.1, 0.15) is 127 Å². The minimum Gasteiger partial charge on any atom is -0.469 e. The molecule has 0 saturated carbocycles. The molecule has 3 saturated heterocycles. The predicted octanol–water partition coefficient (Wildman–Crippen LogP) is 8.43. The van der Waals surface area contributed by atoms with E-state index < -0.39 is 46.7 Å². The van der Waals surface area contributed by atoms with Crippen molar-refractivity contribution in [2.24, 2.45) is 22.7 Å². The minimum absolute atomic E-state index is 0.00943. The van der Waals surface area contributed by atoms with Gasteiger partial charge in [-0.05, 0) is 83.7 Å². The van der Waals surface area contributed by atoms with Gasteiger partial charge >= 0.3 is 11.9 Å². The highest BCUT2D eigenvalue weighted by Crippen LogP contribution is 2.47. The highest BCUT2D eigenvalue weighted by Gasteiger charge is 2.44. The van der Waals surface area contributed by atoms with Gasteiger partial charge in [0, 0.05) is 31.6 Å². The number of carbonyl (C=O) groups excluding carboxylic acids is 6. The van der Waals surface area contributed by atoms with Crippen molar-refractivity contribution in [3.63, 3.8) is 0 Å². The SMILES string of the molecule is COC(=O)C[C@H](C(=O)N1CCC[C@H]1C(=O)Cc1ccc([C@H]2CC[C@H](c3ccc(CC(=O)[C@@H]4CCCN4C(=O)[C@@H](CC(=O)OC)C(C)(C)C)cc3)N2c2ccccc2)cc1)C(C)(C)C. The molecule has 3 heterocycles. The van der Waals surface area contributed by atoms with Gasteiger partial charge in [0.2, 0.25) is 11.8 Å². The number of Topliss-reactive ketones (excluding diaryl/α,β-unsaturated/α-hetero) is 2. The number of hydrogen-bond acceptors (Lipinski definition) is 9. The zero-order valence-corrected chi connectivity index (χ0v) is 38.6. The Morgan fingerprint density at radius 3 is 1.29 bits per heavy atom. The highest BCUT2D eigenvalue weighted by molar-refractivity contribution is 5.94. The quantitative estimate of drug-likeness (QED) is 0.138. The number of anilines is 1. The van der Waals surface area contributed by atoms with Crippen molar-refractivity contribution in [3.8, 4) is 0 Å². The lowest BCUT2D eigenvalue weighted by Gasteiger charge is -2.34. The van der Waals surface area contributed by atoms with E-state index in [4.69, 9.17) is 9.47 Å². The number of rotatable bonds is 15. The first kappa shape index (κ1) is 47.2. The summed E-state index contributed by atoms with van der Waals surface area (Å²) in [5.41, 5.74) is 4.28. The van der Waals surface area contributed by atoms with Crippen LogP contribution in [0, 0.1) is 22.7 Å². The molecule has 0 bridgehead atoms. The zero-order valence-electron chi connectivity index (χ0n) is 38.6. The summed E-state index contributed by atoms with van der Waals surface area (Å²) in [4.78, 5) is 85.6. The first-order chi connectivity index (χ1) is 29.9. The molecule has 11 heteroatoms. The monoisotopic (exact) mass is 861 g/mol. The van der Waals surface area contributed by atoms with Crippen LogP contribution < -0.4 is 4.90 Å². The van der Waals surface area contributed by atoms with Crippen molar-refractivity contribution in [1.82, 2.24) is 9.80 Å². The summed E-state index contributed by atoms with van der Waals surface area (Å²) >= 11 is 0. The molecule has 0 N–H and O–H groups in total. The van der Waals surface area contributed by atoms with Crippen LogP contribution >= 0.6 is 0 Å². The molecule has 3 fully saturated rings. The summed E-state index contributed by atoms with van der Waals surface area (Å²) in [5, 5.41) is 0. The molecule has 0 aliphatic carbocycles. The summed E-state index contributed by atoms with van der Waals surface area (Å²) in [6.45, 7) is 12.6. The Hall–Kier alpha value is -5.32. The minimum atomic E-state index is -0.581. The molecule has 3 aliphatic rings. The molecule has 6 atom stereocenters. The fraction of sp³-hybridized carbons (Fsp3) is 0.538. The maximum Gasteiger partial charge on any atom is 0.306 e. The van der Waals surface area contributed by atoms with Gasteiger partial charge in [0.1, 0.15) is 0 Å². The van der Waals surface area contributed by atoms with E-state index in [0.717, 1.165) is 53.6 Å². The molecule has 3 aromatic carbocycles. The first-order valence-electron chi connectivity index (χ1n) is 22.7. The van der Waals surface area contributed by atoms with Crippen LogP contribution in [0.25, 0.3) is 0 Å². The van der Waals surface area contributed by atoms with E-state index >= 15 is 0 Å². The van der Waals surface area contributed by atoms with E-state index in [1.165, 1.54) is 14.2 Å². The summed E-state index contributed by atoms with van der Waals surface area (Å²) < 4.78 is 9.80. The lowest BCUT2D eigenvalue weighted by molar-refractivity contribution is -0.151. The third-order valence-corrected chi connectivity index (χ3v) is 13.6. The van der Waals surface area contributed by atoms with E-state index in [1.54, 1.807) is 9.80 Å². The number of methoxy groups -OCH3 is 2. The van der Waals surface area contributed by atoms with Gasteiger partial charge in [0.15, 0.2) is 11.6 Å². The molecular formula is C52H67N3O8. The molecule has 6 rings (SSSR count). The number of amides is 2. The number of para-hydroxylation sites is 1. The van der Waals surface area contributed by atoms with E-state index in [-0.39, 0.29) is 61.1 Å². The Balaban J connectivity index is 1.13. The fourth-order valence-electron chi connectivity index (χ4n) is 9.94. The standard InChI is InChI=1S/C52H67N3O8/c1-51(2,3)39(32-47(58)62-7)49(60)53-28-12-16-43(53)45(56)30-34-18-22-36(23-19-34)41-26-27-42(55(41)38-14-10-9-11-15-38)37-24-20-35(21-25-37)31-46(57)44-17-13-29-54(44)50(61)40(52(4,5)6)33-48(59)63-8/h9-11,14-15,18-25,39-44H,12-13,16-17,26-33H2,1-8H3/t39-,40-,41-,42-,43+,44+/m1/s1. The van der Waals surface area contributed by atoms with E-state index in [1.807, 2.05) is 71.9 Å². The van der Waals surface area contributed by atoms with Gasteiger partial charge in [0.05, 0.1) is 63.1 Å². The topological polar surface area (TPSA) is 131 Å². The van der Waals surface area contributed by atoms with Crippen LogP contribution in [0.4, 0.5) is 5.69 Å². The largest absolute Gasteiger partial charge is 0.469 e. The van der Waals surface area contributed by atoms with Crippen molar-refractivity contribution < 1.29 is 38.2 Å². The van der Waals surface area contributed by atoms with Crippen molar-refractivity contribution >= 4 is 41.0 Å². The van der Waals surface area contributed by atoms with Crippen LogP contribution in [0.15, 0.2) is 78.9 Å².